The molecule has 4 heteroatoms. The van der Waals surface area contributed by atoms with Crippen molar-refractivity contribution in [3.05, 3.63) is 0 Å². The Bertz CT molecular complexity index is 139. The van der Waals surface area contributed by atoms with E-state index >= 15 is 0 Å². The standard InChI is InChI=1S/C8H16O4/c1-5-8(11)7(10)2-6(3-9)4-12-5/h5-11H,2-4H2,1H3/t5-,6-,7+,8-/m0/s1. The number of ether oxygens (including phenoxy) is 1. The summed E-state index contributed by atoms with van der Waals surface area (Å²) in [6.45, 7) is 2.12. The minimum absolute atomic E-state index is 0.00347. The molecule has 0 aliphatic carbocycles. The first kappa shape index (κ1) is 9.92. The molecule has 0 bridgehead atoms. The van der Waals surface area contributed by atoms with Gasteiger partial charge in [-0.25, -0.2) is 0 Å². The van der Waals surface area contributed by atoms with E-state index in [1.54, 1.807) is 6.92 Å². The smallest absolute Gasteiger partial charge is 0.106 e. The van der Waals surface area contributed by atoms with Gasteiger partial charge in [-0.1, -0.05) is 0 Å². The predicted octanol–water partition coefficient (Wildman–Crippen LogP) is -0.875. The average Bonchev–Trinajstić information content (AvgIpc) is 2.19. The van der Waals surface area contributed by atoms with Crippen molar-refractivity contribution >= 4 is 0 Å². The van der Waals surface area contributed by atoms with E-state index in [0.717, 1.165) is 0 Å². The van der Waals surface area contributed by atoms with Crippen LogP contribution in [0.1, 0.15) is 13.3 Å². The number of hydrogen-bond acceptors (Lipinski definition) is 4. The van der Waals surface area contributed by atoms with Crippen molar-refractivity contribution in [2.75, 3.05) is 13.2 Å². The highest BCUT2D eigenvalue weighted by molar-refractivity contribution is 4.79. The summed E-state index contributed by atoms with van der Waals surface area (Å²) in [4.78, 5) is 0. The summed E-state index contributed by atoms with van der Waals surface area (Å²) in [5.74, 6) is -0.0559. The van der Waals surface area contributed by atoms with Gasteiger partial charge in [0.1, 0.15) is 6.10 Å². The third-order valence-corrected chi connectivity index (χ3v) is 2.30. The predicted molar refractivity (Wildman–Crippen MR) is 42.6 cm³/mol. The second-order valence-corrected chi connectivity index (χ2v) is 3.38. The number of aliphatic hydroxyl groups excluding tert-OH is 3. The third-order valence-electron chi connectivity index (χ3n) is 2.30. The fourth-order valence-corrected chi connectivity index (χ4v) is 1.38. The first-order valence-corrected chi connectivity index (χ1v) is 4.23. The van der Waals surface area contributed by atoms with E-state index in [2.05, 4.69) is 0 Å². The highest BCUT2D eigenvalue weighted by atomic mass is 16.5. The van der Waals surface area contributed by atoms with Crippen LogP contribution in [0.15, 0.2) is 0 Å². The lowest BCUT2D eigenvalue weighted by Gasteiger charge is -2.19. The first-order valence-electron chi connectivity index (χ1n) is 4.23. The normalized spacial score (nSPS) is 44.0. The van der Waals surface area contributed by atoms with Crippen molar-refractivity contribution in [2.45, 2.75) is 31.7 Å². The topological polar surface area (TPSA) is 69.9 Å². The lowest BCUT2D eigenvalue weighted by Crippen LogP contribution is -2.35. The van der Waals surface area contributed by atoms with Crippen molar-refractivity contribution in [2.24, 2.45) is 5.92 Å². The van der Waals surface area contributed by atoms with Crippen LogP contribution in [0.25, 0.3) is 0 Å². The molecule has 0 saturated carbocycles. The lowest BCUT2D eigenvalue weighted by molar-refractivity contribution is -0.0625. The van der Waals surface area contributed by atoms with Gasteiger partial charge in [0.2, 0.25) is 0 Å². The lowest BCUT2D eigenvalue weighted by atomic mass is 10.00. The average molecular weight is 176 g/mol. The monoisotopic (exact) mass is 176 g/mol. The molecule has 1 aliphatic rings. The molecular formula is C8H16O4. The Hall–Kier alpha value is -0.160. The molecule has 72 valence electrons. The molecule has 3 N–H and O–H groups in total. The summed E-state index contributed by atoms with van der Waals surface area (Å²) in [5, 5.41) is 27.6. The molecule has 12 heavy (non-hydrogen) atoms. The maximum Gasteiger partial charge on any atom is 0.106 e. The van der Waals surface area contributed by atoms with Crippen LogP contribution in [0.5, 0.6) is 0 Å². The van der Waals surface area contributed by atoms with E-state index in [0.29, 0.717) is 13.0 Å². The van der Waals surface area contributed by atoms with Gasteiger partial charge in [0, 0.05) is 12.5 Å². The SMILES string of the molecule is C[C@@H]1OC[C@H](CO)C[C@@H](O)[C@H]1O. The van der Waals surface area contributed by atoms with Crippen molar-refractivity contribution in [1.82, 2.24) is 0 Å². The van der Waals surface area contributed by atoms with Crippen LogP contribution >= 0.6 is 0 Å². The van der Waals surface area contributed by atoms with Crippen molar-refractivity contribution in [3.8, 4) is 0 Å². The number of aliphatic hydroxyl groups is 3. The largest absolute Gasteiger partial charge is 0.396 e. The number of hydrogen-bond donors (Lipinski definition) is 3. The van der Waals surface area contributed by atoms with Gasteiger partial charge in [0.15, 0.2) is 0 Å². The fraction of sp³-hybridized carbons (Fsp3) is 1.00. The molecule has 1 rings (SSSR count). The van der Waals surface area contributed by atoms with E-state index < -0.39 is 12.2 Å². The quantitative estimate of drug-likeness (QED) is 0.485. The zero-order valence-corrected chi connectivity index (χ0v) is 7.18. The molecule has 1 fully saturated rings. The van der Waals surface area contributed by atoms with Gasteiger partial charge in [0.05, 0.1) is 18.8 Å². The summed E-state index contributed by atoms with van der Waals surface area (Å²) in [6, 6.07) is 0. The molecular weight excluding hydrogens is 160 g/mol. The van der Waals surface area contributed by atoms with Crippen LogP contribution < -0.4 is 0 Å². The Balaban J connectivity index is 2.53. The maximum absolute atomic E-state index is 9.39. The van der Waals surface area contributed by atoms with Crippen LogP contribution in [0.3, 0.4) is 0 Å². The third kappa shape index (κ3) is 2.17. The van der Waals surface area contributed by atoms with Gasteiger partial charge in [-0.15, -0.1) is 0 Å². The second kappa shape index (κ2) is 4.18. The van der Waals surface area contributed by atoms with Crippen molar-refractivity contribution in [1.29, 1.82) is 0 Å². The molecule has 0 unspecified atom stereocenters. The van der Waals surface area contributed by atoms with Crippen molar-refractivity contribution in [3.63, 3.8) is 0 Å². The number of rotatable bonds is 1. The molecule has 1 heterocycles. The van der Waals surface area contributed by atoms with Crippen LogP contribution in [-0.2, 0) is 4.74 Å². The van der Waals surface area contributed by atoms with E-state index in [-0.39, 0.29) is 18.6 Å². The van der Waals surface area contributed by atoms with Gasteiger partial charge in [-0.2, -0.15) is 0 Å². The van der Waals surface area contributed by atoms with Crippen LogP contribution in [0, 0.1) is 5.92 Å². The van der Waals surface area contributed by atoms with Gasteiger partial charge >= 0.3 is 0 Å². The van der Waals surface area contributed by atoms with E-state index in [4.69, 9.17) is 9.84 Å². The summed E-state index contributed by atoms with van der Waals surface area (Å²) in [5.41, 5.74) is 0. The highest BCUT2D eigenvalue weighted by Crippen LogP contribution is 2.18. The molecule has 0 aromatic carbocycles. The maximum atomic E-state index is 9.39. The summed E-state index contributed by atoms with van der Waals surface area (Å²) in [7, 11) is 0. The molecule has 4 nitrogen and oxygen atoms in total. The second-order valence-electron chi connectivity index (χ2n) is 3.38. The van der Waals surface area contributed by atoms with Gasteiger partial charge in [0.25, 0.3) is 0 Å². The zero-order valence-electron chi connectivity index (χ0n) is 7.18. The minimum atomic E-state index is -0.832. The summed E-state index contributed by atoms with van der Waals surface area (Å²) >= 11 is 0. The fourth-order valence-electron chi connectivity index (χ4n) is 1.38. The Morgan fingerprint density at radius 1 is 1.42 bits per heavy atom. The van der Waals surface area contributed by atoms with Crippen molar-refractivity contribution < 1.29 is 20.1 Å². The Morgan fingerprint density at radius 3 is 2.67 bits per heavy atom. The highest BCUT2D eigenvalue weighted by Gasteiger charge is 2.30. The molecule has 0 amide bonds. The Morgan fingerprint density at radius 2 is 2.08 bits per heavy atom. The molecule has 1 aliphatic heterocycles. The van der Waals surface area contributed by atoms with E-state index in [1.165, 1.54) is 0 Å². The molecule has 0 radical (unpaired) electrons. The Labute approximate surface area is 71.8 Å². The van der Waals surface area contributed by atoms with Crippen LogP contribution in [0.4, 0.5) is 0 Å². The van der Waals surface area contributed by atoms with Gasteiger partial charge < -0.3 is 20.1 Å². The first-order chi connectivity index (χ1) is 5.65. The Kier molecular flexibility index (Phi) is 3.46. The molecule has 0 spiro atoms. The van der Waals surface area contributed by atoms with E-state index in [9.17, 15) is 10.2 Å². The van der Waals surface area contributed by atoms with Crippen LogP contribution in [0.2, 0.25) is 0 Å². The molecule has 0 aromatic heterocycles. The van der Waals surface area contributed by atoms with Gasteiger partial charge in [-0.3, -0.25) is 0 Å². The van der Waals surface area contributed by atoms with Gasteiger partial charge in [-0.05, 0) is 13.3 Å². The zero-order chi connectivity index (χ0) is 9.14. The molecule has 4 atom stereocenters. The van der Waals surface area contributed by atoms with Crippen LogP contribution in [-0.4, -0.2) is 46.8 Å². The van der Waals surface area contributed by atoms with E-state index in [1.807, 2.05) is 0 Å². The molecule has 0 aromatic rings. The molecule has 1 saturated heterocycles. The summed E-state index contributed by atoms with van der Waals surface area (Å²) in [6.07, 6.45) is -1.56. The summed E-state index contributed by atoms with van der Waals surface area (Å²) < 4.78 is 5.22. The minimum Gasteiger partial charge on any atom is -0.396 e.